The zero-order chi connectivity index (χ0) is 13.8. The normalized spacial score (nSPS) is 12.4. The van der Waals surface area contributed by atoms with Gasteiger partial charge in [0.15, 0.2) is 0 Å². The van der Waals surface area contributed by atoms with E-state index in [9.17, 15) is 4.39 Å². The fraction of sp³-hybridized carbons (Fsp3) is 0.250. The molecule has 19 heavy (non-hydrogen) atoms. The first-order valence-corrected chi connectivity index (χ1v) is 7.20. The van der Waals surface area contributed by atoms with Gasteiger partial charge in [0.1, 0.15) is 5.82 Å². The van der Waals surface area contributed by atoms with E-state index in [0.29, 0.717) is 0 Å². The number of halogens is 2. The maximum atomic E-state index is 13.3. The van der Waals surface area contributed by atoms with Gasteiger partial charge < -0.3 is 5.73 Å². The molecular formula is C16H17BrFN. The summed E-state index contributed by atoms with van der Waals surface area (Å²) < 4.78 is 14.2. The van der Waals surface area contributed by atoms with Crippen molar-refractivity contribution in [1.29, 1.82) is 0 Å². The van der Waals surface area contributed by atoms with Crippen molar-refractivity contribution in [2.45, 2.75) is 25.8 Å². The van der Waals surface area contributed by atoms with E-state index >= 15 is 0 Å². The minimum absolute atomic E-state index is 0.265. The van der Waals surface area contributed by atoms with E-state index in [0.717, 1.165) is 28.4 Å². The number of nitrogens with two attached hydrogens (primary N) is 1. The van der Waals surface area contributed by atoms with Crippen LogP contribution < -0.4 is 5.73 Å². The van der Waals surface area contributed by atoms with Crippen molar-refractivity contribution < 1.29 is 4.39 Å². The van der Waals surface area contributed by atoms with Gasteiger partial charge in [0, 0.05) is 4.47 Å². The number of rotatable bonds is 4. The molecule has 0 aliphatic carbocycles. The molecule has 100 valence electrons. The Hall–Kier alpha value is -1.19. The summed E-state index contributed by atoms with van der Waals surface area (Å²) in [6.07, 6.45) is 2.13. The van der Waals surface area contributed by atoms with E-state index in [1.165, 1.54) is 17.7 Å². The van der Waals surface area contributed by atoms with Gasteiger partial charge in [0.2, 0.25) is 0 Å². The Morgan fingerprint density at radius 3 is 2.74 bits per heavy atom. The lowest BCUT2D eigenvalue weighted by atomic mass is 9.97. The van der Waals surface area contributed by atoms with Gasteiger partial charge in [-0.2, -0.15) is 0 Å². The molecule has 2 aromatic carbocycles. The third-order valence-corrected chi connectivity index (χ3v) is 3.86. The van der Waals surface area contributed by atoms with Crippen LogP contribution >= 0.6 is 15.9 Å². The SMILES string of the molecule is CCCc1cccc(C(N)c2cc(F)ccc2Br)c1. The highest BCUT2D eigenvalue weighted by Crippen LogP contribution is 2.28. The highest BCUT2D eigenvalue weighted by molar-refractivity contribution is 9.10. The number of aryl methyl sites for hydroxylation is 1. The van der Waals surface area contributed by atoms with Crippen molar-refractivity contribution in [3.8, 4) is 0 Å². The number of benzene rings is 2. The van der Waals surface area contributed by atoms with Crippen LogP contribution in [0.5, 0.6) is 0 Å². The lowest BCUT2D eigenvalue weighted by Gasteiger charge is -2.15. The second kappa shape index (κ2) is 6.31. The molecule has 3 heteroatoms. The maximum absolute atomic E-state index is 13.3. The molecule has 2 rings (SSSR count). The average Bonchev–Trinajstić information content (AvgIpc) is 2.41. The van der Waals surface area contributed by atoms with E-state index in [1.54, 1.807) is 6.07 Å². The van der Waals surface area contributed by atoms with E-state index in [1.807, 2.05) is 12.1 Å². The fourth-order valence-electron chi connectivity index (χ4n) is 2.16. The molecule has 0 aliphatic heterocycles. The molecule has 1 atom stereocenters. The summed E-state index contributed by atoms with van der Waals surface area (Å²) in [6.45, 7) is 2.15. The second-order valence-electron chi connectivity index (χ2n) is 4.64. The molecule has 0 bridgehead atoms. The third kappa shape index (κ3) is 3.43. The quantitative estimate of drug-likeness (QED) is 0.875. The Kier molecular flexibility index (Phi) is 4.72. The molecule has 0 spiro atoms. The van der Waals surface area contributed by atoms with Crippen molar-refractivity contribution in [3.63, 3.8) is 0 Å². The molecule has 1 unspecified atom stereocenters. The van der Waals surface area contributed by atoms with E-state index in [-0.39, 0.29) is 11.9 Å². The molecule has 0 saturated carbocycles. The van der Waals surface area contributed by atoms with Crippen LogP contribution in [-0.2, 0) is 6.42 Å². The highest BCUT2D eigenvalue weighted by Gasteiger charge is 2.13. The van der Waals surface area contributed by atoms with Crippen LogP contribution in [0.1, 0.15) is 36.1 Å². The maximum Gasteiger partial charge on any atom is 0.123 e. The van der Waals surface area contributed by atoms with Crippen LogP contribution in [0.15, 0.2) is 46.9 Å². The van der Waals surface area contributed by atoms with Crippen LogP contribution in [0.4, 0.5) is 4.39 Å². The van der Waals surface area contributed by atoms with Gasteiger partial charge in [-0.1, -0.05) is 53.5 Å². The van der Waals surface area contributed by atoms with Crippen molar-refractivity contribution >= 4 is 15.9 Å². The minimum atomic E-state index is -0.318. The Morgan fingerprint density at radius 2 is 2.00 bits per heavy atom. The monoisotopic (exact) mass is 321 g/mol. The van der Waals surface area contributed by atoms with Gasteiger partial charge in [-0.05, 0) is 41.3 Å². The van der Waals surface area contributed by atoms with Crippen LogP contribution in [0.25, 0.3) is 0 Å². The van der Waals surface area contributed by atoms with E-state index < -0.39 is 0 Å². The summed E-state index contributed by atoms with van der Waals surface area (Å²) >= 11 is 3.43. The van der Waals surface area contributed by atoms with Crippen LogP contribution in [0.2, 0.25) is 0 Å². The lowest BCUT2D eigenvalue weighted by Crippen LogP contribution is -2.13. The second-order valence-corrected chi connectivity index (χ2v) is 5.49. The summed E-state index contributed by atoms with van der Waals surface area (Å²) in [6, 6.07) is 12.5. The van der Waals surface area contributed by atoms with Crippen LogP contribution in [0.3, 0.4) is 0 Å². The molecule has 2 N–H and O–H groups in total. The van der Waals surface area contributed by atoms with Gasteiger partial charge in [0.05, 0.1) is 6.04 Å². The third-order valence-electron chi connectivity index (χ3n) is 3.14. The predicted molar refractivity (Wildman–Crippen MR) is 80.6 cm³/mol. The first-order chi connectivity index (χ1) is 9.11. The van der Waals surface area contributed by atoms with Gasteiger partial charge in [-0.3, -0.25) is 0 Å². The van der Waals surface area contributed by atoms with Crippen molar-refractivity contribution in [2.75, 3.05) is 0 Å². The lowest BCUT2D eigenvalue weighted by molar-refractivity contribution is 0.623. The summed E-state index contributed by atoms with van der Waals surface area (Å²) in [5.41, 5.74) is 9.30. The van der Waals surface area contributed by atoms with Gasteiger partial charge in [-0.25, -0.2) is 4.39 Å². The van der Waals surface area contributed by atoms with Gasteiger partial charge in [0.25, 0.3) is 0 Å². The Balaban J connectivity index is 2.35. The molecule has 0 saturated heterocycles. The van der Waals surface area contributed by atoms with E-state index in [2.05, 4.69) is 35.0 Å². The zero-order valence-electron chi connectivity index (χ0n) is 10.9. The topological polar surface area (TPSA) is 26.0 Å². The summed E-state index contributed by atoms with van der Waals surface area (Å²) in [5, 5.41) is 0. The van der Waals surface area contributed by atoms with Crippen LogP contribution in [-0.4, -0.2) is 0 Å². The van der Waals surface area contributed by atoms with Gasteiger partial charge in [-0.15, -0.1) is 0 Å². The summed E-state index contributed by atoms with van der Waals surface area (Å²) in [5.74, 6) is -0.265. The Bertz CT molecular complexity index is 568. The largest absolute Gasteiger partial charge is 0.320 e. The molecule has 0 aromatic heterocycles. The summed E-state index contributed by atoms with van der Waals surface area (Å²) in [4.78, 5) is 0. The predicted octanol–water partition coefficient (Wildman–Crippen LogP) is 4.59. The number of hydrogen-bond acceptors (Lipinski definition) is 1. The molecular weight excluding hydrogens is 305 g/mol. The average molecular weight is 322 g/mol. The smallest absolute Gasteiger partial charge is 0.123 e. The van der Waals surface area contributed by atoms with Crippen molar-refractivity contribution in [2.24, 2.45) is 5.73 Å². The van der Waals surface area contributed by atoms with Crippen molar-refractivity contribution in [3.05, 3.63) is 69.4 Å². The molecule has 1 nitrogen and oxygen atoms in total. The van der Waals surface area contributed by atoms with Crippen LogP contribution in [0, 0.1) is 5.82 Å². The number of hydrogen-bond donors (Lipinski definition) is 1. The van der Waals surface area contributed by atoms with E-state index in [4.69, 9.17) is 5.73 Å². The molecule has 2 aromatic rings. The standard InChI is InChI=1S/C16H17BrFN/c1-2-4-11-5-3-6-12(9-11)16(19)14-10-13(18)7-8-15(14)17/h3,5-10,16H,2,4,19H2,1H3. The zero-order valence-corrected chi connectivity index (χ0v) is 12.5. The molecule has 0 aliphatic rings. The molecule has 0 amide bonds. The first-order valence-electron chi connectivity index (χ1n) is 6.41. The molecule has 0 fully saturated rings. The van der Waals surface area contributed by atoms with Gasteiger partial charge >= 0.3 is 0 Å². The molecule has 0 heterocycles. The Morgan fingerprint density at radius 1 is 1.21 bits per heavy atom. The summed E-state index contributed by atoms with van der Waals surface area (Å²) in [7, 11) is 0. The highest BCUT2D eigenvalue weighted by atomic mass is 79.9. The molecule has 0 radical (unpaired) electrons. The fourth-order valence-corrected chi connectivity index (χ4v) is 2.66. The first kappa shape index (κ1) is 14.2. The minimum Gasteiger partial charge on any atom is -0.320 e. The Labute approximate surface area is 121 Å². The van der Waals surface area contributed by atoms with Crippen molar-refractivity contribution in [1.82, 2.24) is 0 Å².